The maximum Gasteiger partial charge on any atom is 0.127 e. The van der Waals surface area contributed by atoms with E-state index >= 15 is 0 Å². The van der Waals surface area contributed by atoms with Crippen LogP contribution in [0, 0.1) is 5.82 Å². The standard InChI is InChI=1S/C14H14Cl2FNS/c1-8(10-5-3-4-6-12(10)17)18-9(2)11-7-13(15)19-14(11)16/h3-9,18H,1-2H3. The minimum absolute atomic E-state index is 0.00542. The summed E-state index contributed by atoms with van der Waals surface area (Å²) in [7, 11) is 0. The summed E-state index contributed by atoms with van der Waals surface area (Å²) in [6.45, 7) is 3.92. The highest BCUT2D eigenvalue weighted by atomic mass is 35.5. The number of hydrogen-bond donors (Lipinski definition) is 1. The lowest BCUT2D eigenvalue weighted by Gasteiger charge is -2.20. The van der Waals surface area contributed by atoms with Crippen LogP contribution < -0.4 is 5.32 Å². The first-order valence-electron chi connectivity index (χ1n) is 5.94. The highest BCUT2D eigenvalue weighted by Crippen LogP contribution is 2.35. The quantitative estimate of drug-likeness (QED) is 0.773. The highest BCUT2D eigenvalue weighted by molar-refractivity contribution is 7.20. The molecule has 2 atom stereocenters. The van der Waals surface area contributed by atoms with Crippen LogP contribution >= 0.6 is 34.5 Å². The van der Waals surface area contributed by atoms with E-state index in [4.69, 9.17) is 23.2 Å². The molecule has 0 bridgehead atoms. The Morgan fingerprint density at radius 1 is 1.11 bits per heavy atom. The summed E-state index contributed by atoms with van der Waals surface area (Å²) >= 11 is 13.4. The average Bonchev–Trinajstić information content (AvgIpc) is 2.69. The van der Waals surface area contributed by atoms with Crippen molar-refractivity contribution < 1.29 is 4.39 Å². The molecule has 1 nitrogen and oxygen atoms in total. The summed E-state index contributed by atoms with van der Waals surface area (Å²) < 4.78 is 15.0. The third kappa shape index (κ3) is 3.48. The molecule has 0 spiro atoms. The monoisotopic (exact) mass is 317 g/mol. The van der Waals surface area contributed by atoms with Crippen LogP contribution in [0.15, 0.2) is 30.3 Å². The molecular weight excluding hydrogens is 304 g/mol. The summed E-state index contributed by atoms with van der Waals surface area (Å²) in [4.78, 5) is 0. The van der Waals surface area contributed by atoms with Crippen molar-refractivity contribution in [3.05, 3.63) is 55.9 Å². The highest BCUT2D eigenvalue weighted by Gasteiger charge is 2.17. The van der Waals surface area contributed by atoms with Crippen molar-refractivity contribution in [2.75, 3.05) is 0 Å². The Bertz CT molecular complexity index is 570. The molecule has 1 heterocycles. The first-order chi connectivity index (χ1) is 8.99. The van der Waals surface area contributed by atoms with Gasteiger partial charge in [0.1, 0.15) is 5.82 Å². The fourth-order valence-corrected chi connectivity index (χ4v) is 3.67. The van der Waals surface area contributed by atoms with Crippen LogP contribution in [-0.4, -0.2) is 0 Å². The van der Waals surface area contributed by atoms with Crippen LogP contribution in [0.25, 0.3) is 0 Å². The maximum atomic E-state index is 13.7. The van der Waals surface area contributed by atoms with Crippen molar-refractivity contribution in [3.63, 3.8) is 0 Å². The molecule has 0 amide bonds. The zero-order valence-corrected chi connectivity index (χ0v) is 12.9. The van der Waals surface area contributed by atoms with Gasteiger partial charge in [0.2, 0.25) is 0 Å². The lowest BCUT2D eigenvalue weighted by molar-refractivity contribution is 0.475. The van der Waals surface area contributed by atoms with Gasteiger partial charge in [0.25, 0.3) is 0 Å². The van der Waals surface area contributed by atoms with Gasteiger partial charge in [-0.3, -0.25) is 0 Å². The molecule has 2 unspecified atom stereocenters. The zero-order chi connectivity index (χ0) is 14.0. The summed E-state index contributed by atoms with van der Waals surface area (Å²) in [6, 6.07) is 8.51. The van der Waals surface area contributed by atoms with Crippen molar-refractivity contribution in [2.45, 2.75) is 25.9 Å². The molecule has 2 aromatic rings. The second kappa shape index (κ2) is 6.23. The number of benzene rings is 1. The predicted octanol–water partition coefficient (Wildman–Crippen LogP) is 5.61. The van der Waals surface area contributed by atoms with Gasteiger partial charge < -0.3 is 5.32 Å². The second-order valence-corrected chi connectivity index (χ2v) is 6.70. The Labute approximate surface area is 126 Å². The third-order valence-corrected chi connectivity index (χ3v) is 4.54. The van der Waals surface area contributed by atoms with Gasteiger partial charge in [0, 0.05) is 17.6 Å². The minimum Gasteiger partial charge on any atom is -0.303 e. The number of hydrogen-bond acceptors (Lipinski definition) is 2. The SMILES string of the molecule is CC(NC(C)c1cc(Cl)sc1Cl)c1ccccc1F. The maximum absolute atomic E-state index is 13.7. The summed E-state index contributed by atoms with van der Waals surface area (Å²) in [5.74, 6) is -0.204. The Hall–Kier alpha value is -0.610. The van der Waals surface area contributed by atoms with Crippen LogP contribution in [0.4, 0.5) is 4.39 Å². The lowest BCUT2D eigenvalue weighted by atomic mass is 10.1. The molecule has 1 aromatic heterocycles. The molecule has 0 aliphatic rings. The first kappa shape index (κ1) is 14.8. The zero-order valence-electron chi connectivity index (χ0n) is 10.6. The van der Waals surface area contributed by atoms with E-state index in [2.05, 4.69) is 5.32 Å². The van der Waals surface area contributed by atoms with Crippen molar-refractivity contribution in [3.8, 4) is 0 Å². The Balaban J connectivity index is 2.13. The molecule has 0 radical (unpaired) electrons. The van der Waals surface area contributed by atoms with Gasteiger partial charge in [0.15, 0.2) is 0 Å². The van der Waals surface area contributed by atoms with Gasteiger partial charge in [-0.25, -0.2) is 4.39 Å². The molecule has 19 heavy (non-hydrogen) atoms. The normalized spacial score (nSPS) is 14.4. The Kier molecular flexibility index (Phi) is 4.85. The van der Waals surface area contributed by atoms with Crippen LogP contribution in [0.5, 0.6) is 0 Å². The number of thiophene rings is 1. The fourth-order valence-electron chi connectivity index (χ4n) is 2.03. The molecule has 0 fully saturated rings. The van der Waals surface area contributed by atoms with Crippen LogP contribution in [-0.2, 0) is 0 Å². The van der Waals surface area contributed by atoms with Gasteiger partial charge in [-0.05, 0) is 31.5 Å². The van der Waals surface area contributed by atoms with E-state index < -0.39 is 0 Å². The molecule has 2 rings (SSSR count). The van der Waals surface area contributed by atoms with Gasteiger partial charge in [-0.1, -0.05) is 41.4 Å². The molecule has 0 aliphatic carbocycles. The van der Waals surface area contributed by atoms with Crippen molar-refractivity contribution in [1.82, 2.24) is 5.32 Å². The molecule has 1 N–H and O–H groups in total. The van der Waals surface area contributed by atoms with E-state index in [1.807, 2.05) is 26.0 Å². The summed E-state index contributed by atoms with van der Waals surface area (Å²) in [6.07, 6.45) is 0. The van der Waals surface area contributed by atoms with E-state index in [1.54, 1.807) is 12.1 Å². The predicted molar refractivity (Wildman–Crippen MR) is 80.7 cm³/mol. The van der Waals surface area contributed by atoms with E-state index in [0.29, 0.717) is 14.2 Å². The largest absolute Gasteiger partial charge is 0.303 e. The fraction of sp³-hybridized carbons (Fsp3) is 0.286. The summed E-state index contributed by atoms with van der Waals surface area (Å²) in [5.41, 5.74) is 1.59. The molecule has 102 valence electrons. The number of halogens is 3. The topological polar surface area (TPSA) is 12.0 Å². The van der Waals surface area contributed by atoms with Crippen molar-refractivity contribution in [2.24, 2.45) is 0 Å². The molecule has 0 saturated carbocycles. The van der Waals surface area contributed by atoms with Gasteiger partial charge >= 0.3 is 0 Å². The van der Waals surface area contributed by atoms with Gasteiger partial charge in [-0.15, -0.1) is 11.3 Å². The summed E-state index contributed by atoms with van der Waals surface area (Å²) in [5, 5.41) is 3.33. The molecule has 5 heteroatoms. The molecule has 0 aliphatic heterocycles. The lowest BCUT2D eigenvalue weighted by Crippen LogP contribution is -2.23. The minimum atomic E-state index is -0.204. The Morgan fingerprint density at radius 3 is 2.32 bits per heavy atom. The third-order valence-electron chi connectivity index (χ3n) is 3.02. The molecular formula is C14H14Cl2FNS. The van der Waals surface area contributed by atoms with Crippen molar-refractivity contribution in [1.29, 1.82) is 0 Å². The van der Waals surface area contributed by atoms with E-state index in [1.165, 1.54) is 17.4 Å². The van der Waals surface area contributed by atoms with Crippen LogP contribution in [0.2, 0.25) is 8.67 Å². The van der Waals surface area contributed by atoms with Crippen molar-refractivity contribution >= 4 is 34.5 Å². The van der Waals surface area contributed by atoms with E-state index in [9.17, 15) is 4.39 Å². The molecule has 1 aromatic carbocycles. The van der Waals surface area contributed by atoms with E-state index in [-0.39, 0.29) is 17.9 Å². The van der Waals surface area contributed by atoms with E-state index in [0.717, 1.165) is 5.56 Å². The Morgan fingerprint density at radius 2 is 1.74 bits per heavy atom. The average molecular weight is 318 g/mol. The van der Waals surface area contributed by atoms with Gasteiger partial charge in [0.05, 0.1) is 8.67 Å². The smallest absolute Gasteiger partial charge is 0.127 e. The first-order valence-corrected chi connectivity index (χ1v) is 7.51. The van der Waals surface area contributed by atoms with Gasteiger partial charge in [-0.2, -0.15) is 0 Å². The molecule has 0 saturated heterocycles. The second-order valence-electron chi connectivity index (χ2n) is 4.41. The number of rotatable bonds is 4. The number of nitrogens with one attached hydrogen (secondary N) is 1. The van der Waals surface area contributed by atoms with Crippen LogP contribution in [0.1, 0.15) is 37.1 Å². The van der Waals surface area contributed by atoms with Crippen LogP contribution in [0.3, 0.4) is 0 Å².